The van der Waals surface area contributed by atoms with Crippen molar-refractivity contribution < 1.29 is 9.72 Å². The number of hydrogen-bond donors (Lipinski definition) is 1. The fourth-order valence-electron chi connectivity index (χ4n) is 2.63. The van der Waals surface area contributed by atoms with Gasteiger partial charge in [-0.15, -0.1) is 0 Å². The van der Waals surface area contributed by atoms with Crippen molar-refractivity contribution in [2.75, 3.05) is 6.54 Å². The van der Waals surface area contributed by atoms with Crippen molar-refractivity contribution in [3.8, 4) is 0 Å². The molecule has 0 aliphatic carbocycles. The third kappa shape index (κ3) is 3.77. The number of rotatable bonds is 4. The third-order valence-corrected chi connectivity index (χ3v) is 3.57. The zero-order valence-corrected chi connectivity index (χ0v) is 10.7. The van der Waals surface area contributed by atoms with Crippen LogP contribution >= 0.6 is 0 Å². The molecule has 1 aromatic rings. The number of hydrogen-bond acceptors (Lipinski definition) is 3. The first kappa shape index (κ1) is 13.5. The Balaban J connectivity index is 2.21. The van der Waals surface area contributed by atoms with E-state index in [0.717, 1.165) is 24.8 Å². The van der Waals surface area contributed by atoms with E-state index in [0.29, 0.717) is 6.42 Å². The van der Waals surface area contributed by atoms with Crippen LogP contribution in [-0.2, 0) is 4.79 Å². The zero-order chi connectivity index (χ0) is 13.7. The Labute approximate surface area is 112 Å². The highest BCUT2D eigenvalue weighted by molar-refractivity contribution is 5.76. The van der Waals surface area contributed by atoms with Gasteiger partial charge in [-0.1, -0.05) is 36.8 Å². The molecule has 1 fully saturated rings. The monoisotopic (exact) mass is 262 g/mol. The summed E-state index contributed by atoms with van der Waals surface area (Å²) in [7, 11) is 0. The quantitative estimate of drug-likeness (QED) is 0.667. The lowest BCUT2D eigenvalue weighted by Crippen LogP contribution is -2.40. The van der Waals surface area contributed by atoms with E-state index in [-0.39, 0.29) is 29.3 Å². The molecule has 0 radical (unpaired) electrons. The summed E-state index contributed by atoms with van der Waals surface area (Å²) >= 11 is 0. The maximum atomic E-state index is 11.6. The second-order valence-corrected chi connectivity index (χ2v) is 4.95. The minimum atomic E-state index is -0.297. The molecule has 5 nitrogen and oxygen atoms in total. The average molecular weight is 262 g/mol. The topological polar surface area (TPSA) is 72.2 Å². The summed E-state index contributed by atoms with van der Waals surface area (Å²) in [6, 6.07) is 9.29. The normalized spacial score (nSPS) is 21.3. The lowest BCUT2D eigenvalue weighted by Gasteiger charge is -2.24. The van der Waals surface area contributed by atoms with Crippen molar-refractivity contribution in [3.63, 3.8) is 0 Å². The summed E-state index contributed by atoms with van der Waals surface area (Å²) < 4.78 is 0. The Morgan fingerprint density at radius 2 is 2.05 bits per heavy atom. The maximum Gasteiger partial charge on any atom is 0.220 e. The Kier molecular flexibility index (Phi) is 4.49. The van der Waals surface area contributed by atoms with Crippen LogP contribution in [0.4, 0.5) is 0 Å². The Morgan fingerprint density at radius 1 is 1.32 bits per heavy atom. The van der Waals surface area contributed by atoms with Crippen LogP contribution in [0.1, 0.15) is 37.2 Å². The van der Waals surface area contributed by atoms with Crippen LogP contribution < -0.4 is 5.32 Å². The van der Waals surface area contributed by atoms with Crippen molar-refractivity contribution >= 4 is 5.91 Å². The van der Waals surface area contributed by atoms with Crippen LogP contribution in [0, 0.1) is 10.1 Å². The van der Waals surface area contributed by atoms with Crippen LogP contribution in [0.15, 0.2) is 30.3 Å². The highest BCUT2D eigenvalue weighted by atomic mass is 16.6. The lowest BCUT2D eigenvalue weighted by atomic mass is 9.89. The number of amides is 1. The largest absolute Gasteiger partial charge is 0.353 e. The first-order valence-corrected chi connectivity index (χ1v) is 6.63. The lowest BCUT2D eigenvalue weighted by molar-refractivity contribution is -0.484. The van der Waals surface area contributed by atoms with E-state index in [9.17, 15) is 14.9 Å². The molecule has 1 saturated heterocycles. The molecule has 2 unspecified atom stereocenters. The summed E-state index contributed by atoms with van der Waals surface area (Å²) in [6.07, 6.45) is 3.13. The molecule has 1 heterocycles. The van der Waals surface area contributed by atoms with Gasteiger partial charge >= 0.3 is 0 Å². The Hall–Kier alpha value is -1.91. The van der Waals surface area contributed by atoms with Crippen LogP contribution in [0.25, 0.3) is 0 Å². The van der Waals surface area contributed by atoms with E-state index in [1.807, 2.05) is 30.3 Å². The van der Waals surface area contributed by atoms with Gasteiger partial charge in [0.1, 0.15) is 0 Å². The van der Waals surface area contributed by atoms with Crippen molar-refractivity contribution in [1.82, 2.24) is 5.32 Å². The fraction of sp³-hybridized carbons (Fsp3) is 0.500. The first-order chi connectivity index (χ1) is 9.16. The van der Waals surface area contributed by atoms with E-state index in [4.69, 9.17) is 0 Å². The number of benzene rings is 1. The molecule has 1 aromatic carbocycles. The standard InChI is InChI=1S/C14H18N2O3/c17-14-9-5-4-8-13(15-14)12(10-16(18)19)11-6-2-1-3-7-11/h1-3,6-7,12-13H,4-5,8-10H2,(H,15,17). The number of nitrogens with zero attached hydrogens (tertiary/aromatic N) is 1. The van der Waals surface area contributed by atoms with Crippen molar-refractivity contribution in [3.05, 3.63) is 46.0 Å². The van der Waals surface area contributed by atoms with Gasteiger partial charge in [-0.25, -0.2) is 0 Å². The molecule has 0 bridgehead atoms. The minimum absolute atomic E-state index is 0.00628. The van der Waals surface area contributed by atoms with Gasteiger partial charge in [-0.05, 0) is 18.4 Å². The molecular weight excluding hydrogens is 244 g/mol. The fourth-order valence-corrected chi connectivity index (χ4v) is 2.63. The average Bonchev–Trinajstić information content (AvgIpc) is 2.61. The molecule has 1 amide bonds. The third-order valence-electron chi connectivity index (χ3n) is 3.57. The Morgan fingerprint density at radius 3 is 2.74 bits per heavy atom. The van der Waals surface area contributed by atoms with Crippen molar-refractivity contribution in [1.29, 1.82) is 0 Å². The second kappa shape index (κ2) is 6.31. The first-order valence-electron chi connectivity index (χ1n) is 6.63. The van der Waals surface area contributed by atoms with Crippen LogP contribution in [0.5, 0.6) is 0 Å². The highest BCUT2D eigenvalue weighted by Gasteiger charge is 2.30. The molecule has 1 N–H and O–H groups in total. The number of nitro groups is 1. The summed E-state index contributed by atoms with van der Waals surface area (Å²) in [5.74, 6) is -0.245. The molecule has 5 heteroatoms. The molecule has 2 atom stereocenters. The second-order valence-electron chi connectivity index (χ2n) is 4.95. The van der Waals surface area contributed by atoms with Crippen LogP contribution in [0.3, 0.4) is 0 Å². The van der Waals surface area contributed by atoms with Gasteiger partial charge in [0, 0.05) is 17.4 Å². The van der Waals surface area contributed by atoms with Gasteiger partial charge in [0.15, 0.2) is 0 Å². The van der Waals surface area contributed by atoms with E-state index >= 15 is 0 Å². The molecule has 0 saturated carbocycles. The predicted octanol–water partition coefficient (Wildman–Crippen LogP) is 2.11. The minimum Gasteiger partial charge on any atom is -0.353 e. The van der Waals surface area contributed by atoms with Crippen molar-refractivity contribution in [2.24, 2.45) is 0 Å². The van der Waals surface area contributed by atoms with Gasteiger partial charge in [-0.3, -0.25) is 14.9 Å². The zero-order valence-electron chi connectivity index (χ0n) is 10.7. The Bertz CT molecular complexity index is 447. The SMILES string of the molecule is O=C1CCCCC(C(C[N+](=O)[O-])c2ccccc2)N1. The van der Waals surface area contributed by atoms with Crippen molar-refractivity contribution in [2.45, 2.75) is 37.6 Å². The summed E-state index contributed by atoms with van der Waals surface area (Å²) in [4.78, 5) is 22.2. The summed E-state index contributed by atoms with van der Waals surface area (Å²) in [5.41, 5.74) is 0.923. The van der Waals surface area contributed by atoms with Gasteiger partial charge in [0.2, 0.25) is 12.5 Å². The van der Waals surface area contributed by atoms with Gasteiger partial charge in [-0.2, -0.15) is 0 Å². The number of carbonyl (C=O) groups excluding carboxylic acids is 1. The highest BCUT2D eigenvalue weighted by Crippen LogP contribution is 2.25. The van der Waals surface area contributed by atoms with Gasteiger partial charge < -0.3 is 5.32 Å². The molecule has 0 spiro atoms. The number of nitrogens with one attached hydrogen (secondary N) is 1. The molecular formula is C14H18N2O3. The van der Waals surface area contributed by atoms with E-state index in [2.05, 4.69) is 5.32 Å². The van der Waals surface area contributed by atoms with E-state index in [1.165, 1.54) is 0 Å². The van der Waals surface area contributed by atoms with E-state index < -0.39 is 0 Å². The molecule has 19 heavy (non-hydrogen) atoms. The molecule has 2 rings (SSSR count). The van der Waals surface area contributed by atoms with Gasteiger partial charge in [0.05, 0.1) is 5.92 Å². The molecule has 1 aliphatic heterocycles. The maximum absolute atomic E-state index is 11.6. The molecule has 0 aromatic heterocycles. The summed E-state index contributed by atoms with van der Waals surface area (Å²) in [5, 5.41) is 13.8. The predicted molar refractivity (Wildman–Crippen MR) is 71.4 cm³/mol. The van der Waals surface area contributed by atoms with E-state index in [1.54, 1.807) is 0 Å². The molecule has 1 aliphatic rings. The number of carbonyl (C=O) groups is 1. The molecule has 102 valence electrons. The smallest absolute Gasteiger partial charge is 0.220 e. The van der Waals surface area contributed by atoms with Gasteiger partial charge in [0.25, 0.3) is 0 Å². The van der Waals surface area contributed by atoms with Crippen LogP contribution in [-0.4, -0.2) is 23.4 Å². The van der Waals surface area contributed by atoms with Crippen LogP contribution in [0.2, 0.25) is 0 Å². The summed E-state index contributed by atoms with van der Waals surface area (Å²) in [6.45, 7) is -0.144.